The molecule has 4 N–H and O–H groups in total. The average Bonchev–Trinajstić information content (AvgIpc) is 2.32. The third-order valence-electron chi connectivity index (χ3n) is 3.01. The van der Waals surface area contributed by atoms with Gasteiger partial charge in [0.1, 0.15) is 6.04 Å². The molecule has 1 aliphatic heterocycles. The van der Waals surface area contributed by atoms with Crippen LogP contribution in [0.15, 0.2) is 0 Å². The number of sulfone groups is 1. The van der Waals surface area contributed by atoms with E-state index in [1.165, 1.54) is 0 Å². The summed E-state index contributed by atoms with van der Waals surface area (Å²) in [5, 5.41) is 22.5. The van der Waals surface area contributed by atoms with Crippen LogP contribution in [0.2, 0.25) is 0 Å². The monoisotopic (exact) mass is 322 g/mol. The van der Waals surface area contributed by atoms with Crippen molar-refractivity contribution >= 4 is 27.7 Å². The summed E-state index contributed by atoms with van der Waals surface area (Å²) in [6, 6.07) is -1.86. The van der Waals surface area contributed by atoms with Gasteiger partial charge in [-0.2, -0.15) is 0 Å². The second-order valence-electron chi connectivity index (χ2n) is 4.86. The normalized spacial score (nSPS) is 22.2. The summed E-state index contributed by atoms with van der Waals surface area (Å²) in [7, 11) is -3.18. The summed E-state index contributed by atoms with van der Waals surface area (Å²) in [5.41, 5.74) is 0. The Balaban J connectivity index is 2.50. The molecule has 1 heterocycles. The number of rotatable bonds is 7. The van der Waals surface area contributed by atoms with Gasteiger partial charge < -0.3 is 20.8 Å². The average molecular weight is 322 g/mol. The Morgan fingerprint density at radius 1 is 1.29 bits per heavy atom. The molecule has 0 aromatic rings. The quantitative estimate of drug-likeness (QED) is 0.428. The SMILES string of the molecule is O=C(O)CCC(NC(=O)CC1CS(=O)(=O)CCN1)C(=O)O. The number of carboxylic acid groups (broad SMARTS) is 2. The van der Waals surface area contributed by atoms with Gasteiger partial charge in [-0.25, -0.2) is 13.2 Å². The van der Waals surface area contributed by atoms with Crippen molar-refractivity contribution in [3.05, 3.63) is 0 Å². The Morgan fingerprint density at radius 2 is 1.95 bits per heavy atom. The number of carbonyl (C=O) groups excluding carboxylic acids is 1. The minimum absolute atomic E-state index is 0.0154. The third-order valence-corrected chi connectivity index (χ3v) is 4.75. The van der Waals surface area contributed by atoms with Gasteiger partial charge in [-0.15, -0.1) is 0 Å². The van der Waals surface area contributed by atoms with Gasteiger partial charge in [0.25, 0.3) is 0 Å². The Labute approximate surface area is 121 Å². The molecule has 1 saturated heterocycles. The van der Waals surface area contributed by atoms with E-state index in [1.54, 1.807) is 0 Å². The highest BCUT2D eigenvalue weighted by Gasteiger charge is 2.28. The summed E-state index contributed by atoms with van der Waals surface area (Å²) in [4.78, 5) is 33.1. The molecule has 1 aliphatic rings. The molecule has 1 fully saturated rings. The lowest BCUT2D eigenvalue weighted by Gasteiger charge is -2.23. The fraction of sp³-hybridized carbons (Fsp3) is 0.727. The van der Waals surface area contributed by atoms with Crippen LogP contribution in [0.1, 0.15) is 19.3 Å². The zero-order valence-corrected chi connectivity index (χ0v) is 12.1. The van der Waals surface area contributed by atoms with Crippen LogP contribution in [0.3, 0.4) is 0 Å². The molecule has 1 amide bonds. The van der Waals surface area contributed by atoms with E-state index in [0.29, 0.717) is 0 Å². The van der Waals surface area contributed by atoms with E-state index in [1.807, 2.05) is 0 Å². The third kappa shape index (κ3) is 6.54. The van der Waals surface area contributed by atoms with Crippen LogP contribution in [-0.4, -0.2) is 66.6 Å². The van der Waals surface area contributed by atoms with Gasteiger partial charge >= 0.3 is 11.9 Å². The van der Waals surface area contributed by atoms with Gasteiger partial charge in [-0.1, -0.05) is 0 Å². The lowest BCUT2D eigenvalue weighted by molar-refractivity contribution is -0.143. The van der Waals surface area contributed by atoms with Crippen LogP contribution in [-0.2, 0) is 24.2 Å². The number of hydrogen-bond donors (Lipinski definition) is 4. The molecule has 21 heavy (non-hydrogen) atoms. The fourth-order valence-corrected chi connectivity index (χ4v) is 3.44. The Kier molecular flexibility index (Phi) is 6.09. The minimum atomic E-state index is -3.18. The maximum absolute atomic E-state index is 11.7. The van der Waals surface area contributed by atoms with Crippen LogP contribution >= 0.6 is 0 Å². The summed E-state index contributed by atoms with van der Waals surface area (Å²) in [6.45, 7) is 0.252. The molecule has 10 heteroatoms. The Bertz CT molecular complexity index is 517. The lowest BCUT2D eigenvalue weighted by Crippen LogP contribution is -2.49. The minimum Gasteiger partial charge on any atom is -0.481 e. The standard InChI is InChI=1S/C11H18N2O7S/c14-9(5-7-6-21(19,20)4-3-12-7)13-8(11(17)18)1-2-10(15)16/h7-8,12H,1-6H2,(H,13,14)(H,15,16)(H,17,18). The number of carbonyl (C=O) groups is 3. The van der Waals surface area contributed by atoms with Crippen LogP contribution in [0, 0.1) is 0 Å². The van der Waals surface area contributed by atoms with E-state index in [-0.39, 0.29) is 37.3 Å². The van der Waals surface area contributed by atoms with Crippen LogP contribution < -0.4 is 10.6 Å². The molecule has 2 atom stereocenters. The molecule has 120 valence electrons. The highest BCUT2D eigenvalue weighted by molar-refractivity contribution is 7.91. The van der Waals surface area contributed by atoms with Crippen molar-refractivity contribution in [3.63, 3.8) is 0 Å². The number of hydrogen-bond acceptors (Lipinski definition) is 6. The molecule has 0 aliphatic carbocycles. The van der Waals surface area contributed by atoms with Gasteiger partial charge in [-0.3, -0.25) is 9.59 Å². The zero-order valence-electron chi connectivity index (χ0n) is 11.2. The van der Waals surface area contributed by atoms with Gasteiger partial charge in [0.15, 0.2) is 9.84 Å². The van der Waals surface area contributed by atoms with E-state index < -0.39 is 39.8 Å². The van der Waals surface area contributed by atoms with Gasteiger partial charge in [0, 0.05) is 25.4 Å². The molecule has 1 rings (SSSR count). The molecule has 0 radical (unpaired) electrons. The predicted octanol–water partition coefficient (Wildman–Crippen LogP) is -1.80. The molecular formula is C11H18N2O7S. The molecule has 0 spiro atoms. The van der Waals surface area contributed by atoms with E-state index in [4.69, 9.17) is 10.2 Å². The highest BCUT2D eigenvalue weighted by atomic mass is 32.2. The first kappa shape index (κ1) is 17.4. The summed E-state index contributed by atoms with van der Waals surface area (Å²) < 4.78 is 22.8. The first-order valence-electron chi connectivity index (χ1n) is 6.37. The number of carboxylic acids is 2. The molecule has 9 nitrogen and oxygen atoms in total. The Hall–Kier alpha value is -1.68. The second kappa shape index (κ2) is 7.36. The van der Waals surface area contributed by atoms with Crippen molar-refractivity contribution in [2.45, 2.75) is 31.3 Å². The van der Waals surface area contributed by atoms with Crippen molar-refractivity contribution < 1.29 is 33.0 Å². The zero-order chi connectivity index (χ0) is 16.0. The van der Waals surface area contributed by atoms with Gasteiger partial charge in [-0.05, 0) is 6.42 Å². The summed E-state index contributed by atoms with van der Waals surface area (Å²) in [6.07, 6.45) is -0.782. The van der Waals surface area contributed by atoms with Crippen molar-refractivity contribution in [2.75, 3.05) is 18.1 Å². The Morgan fingerprint density at radius 3 is 2.48 bits per heavy atom. The van der Waals surface area contributed by atoms with E-state index >= 15 is 0 Å². The van der Waals surface area contributed by atoms with Crippen LogP contribution in [0.5, 0.6) is 0 Å². The molecule has 2 unspecified atom stereocenters. The van der Waals surface area contributed by atoms with Gasteiger partial charge in [0.05, 0.1) is 11.5 Å². The van der Waals surface area contributed by atoms with Gasteiger partial charge in [0.2, 0.25) is 5.91 Å². The maximum Gasteiger partial charge on any atom is 0.326 e. The fourth-order valence-electron chi connectivity index (χ4n) is 2.00. The van der Waals surface area contributed by atoms with E-state index in [9.17, 15) is 22.8 Å². The van der Waals surface area contributed by atoms with E-state index in [2.05, 4.69) is 10.6 Å². The molecule has 0 aromatic heterocycles. The summed E-state index contributed by atoms with van der Waals surface area (Å²) >= 11 is 0. The van der Waals surface area contributed by atoms with Crippen molar-refractivity contribution in [2.24, 2.45) is 0 Å². The summed E-state index contributed by atoms with van der Waals surface area (Å²) in [5.74, 6) is -3.26. The first-order valence-corrected chi connectivity index (χ1v) is 8.19. The van der Waals surface area contributed by atoms with Crippen molar-refractivity contribution in [1.29, 1.82) is 0 Å². The largest absolute Gasteiger partial charge is 0.481 e. The first-order chi connectivity index (χ1) is 9.69. The van der Waals surface area contributed by atoms with Crippen molar-refractivity contribution in [3.8, 4) is 0 Å². The van der Waals surface area contributed by atoms with Crippen molar-refractivity contribution in [1.82, 2.24) is 10.6 Å². The number of nitrogens with one attached hydrogen (secondary N) is 2. The lowest BCUT2D eigenvalue weighted by atomic mass is 10.1. The number of amides is 1. The van der Waals surface area contributed by atoms with E-state index in [0.717, 1.165) is 0 Å². The second-order valence-corrected chi connectivity index (χ2v) is 7.09. The molecular weight excluding hydrogens is 304 g/mol. The molecule has 0 saturated carbocycles. The van der Waals surface area contributed by atoms with Crippen LogP contribution in [0.4, 0.5) is 0 Å². The number of aliphatic carboxylic acids is 2. The molecule has 0 aromatic carbocycles. The van der Waals surface area contributed by atoms with Crippen LogP contribution in [0.25, 0.3) is 0 Å². The topological polar surface area (TPSA) is 150 Å². The predicted molar refractivity (Wildman–Crippen MR) is 71.5 cm³/mol. The molecule has 0 bridgehead atoms. The smallest absolute Gasteiger partial charge is 0.326 e. The maximum atomic E-state index is 11.7. The highest BCUT2D eigenvalue weighted by Crippen LogP contribution is 2.06.